The molecular formula is C16H19N3OS. The molecule has 0 spiro atoms. The Hall–Kier alpha value is -1.46. The number of methoxy groups -OCH3 is 1. The fraction of sp³-hybridized carbons (Fsp3) is 0.500. The van der Waals surface area contributed by atoms with Crippen LogP contribution in [0.15, 0.2) is 18.3 Å². The van der Waals surface area contributed by atoms with E-state index in [2.05, 4.69) is 16.4 Å². The third-order valence-corrected chi connectivity index (χ3v) is 5.36. The molecule has 2 aliphatic rings. The zero-order valence-corrected chi connectivity index (χ0v) is 12.9. The Morgan fingerprint density at radius 2 is 2.24 bits per heavy atom. The Labute approximate surface area is 128 Å². The van der Waals surface area contributed by atoms with Crippen molar-refractivity contribution < 1.29 is 4.74 Å². The van der Waals surface area contributed by atoms with Gasteiger partial charge in [0.05, 0.1) is 18.8 Å². The minimum absolute atomic E-state index is 0.173. The summed E-state index contributed by atoms with van der Waals surface area (Å²) in [5.74, 6) is 0.658. The molecule has 0 amide bonds. The summed E-state index contributed by atoms with van der Waals surface area (Å²) < 4.78 is 5.15. The van der Waals surface area contributed by atoms with Crippen molar-refractivity contribution in [2.45, 2.75) is 44.2 Å². The lowest BCUT2D eigenvalue weighted by molar-refractivity contribution is 0.397. The second-order valence-corrected chi connectivity index (χ2v) is 6.90. The second-order valence-electron chi connectivity index (χ2n) is 5.78. The molecule has 2 aliphatic carbocycles. The van der Waals surface area contributed by atoms with Gasteiger partial charge in [-0.2, -0.15) is 0 Å². The maximum absolute atomic E-state index is 5.15. The van der Waals surface area contributed by atoms with Gasteiger partial charge in [0.2, 0.25) is 5.88 Å². The van der Waals surface area contributed by atoms with E-state index in [1.54, 1.807) is 7.11 Å². The highest BCUT2D eigenvalue weighted by molar-refractivity contribution is 7.11. The number of thiazole rings is 1. The lowest BCUT2D eigenvalue weighted by Crippen LogP contribution is -2.24. The molecule has 0 aromatic carbocycles. The standard InChI is InChI=1S/C16H19N3OS/c1-20-14-8-5-10(9-17-14)15(18-11-6-7-11)16-19-12-3-2-4-13(12)21-16/h5,8-9,11,15,18H,2-4,6-7H2,1H3. The summed E-state index contributed by atoms with van der Waals surface area (Å²) in [5, 5.41) is 4.91. The van der Waals surface area contributed by atoms with Gasteiger partial charge in [0.15, 0.2) is 0 Å². The topological polar surface area (TPSA) is 47.0 Å². The predicted molar refractivity (Wildman–Crippen MR) is 82.9 cm³/mol. The van der Waals surface area contributed by atoms with E-state index in [0.29, 0.717) is 11.9 Å². The summed E-state index contributed by atoms with van der Waals surface area (Å²) in [4.78, 5) is 10.7. The molecule has 4 rings (SSSR count). The number of aromatic nitrogens is 2. The maximum atomic E-state index is 5.15. The van der Waals surface area contributed by atoms with Crippen LogP contribution < -0.4 is 10.1 Å². The lowest BCUT2D eigenvalue weighted by atomic mass is 10.1. The lowest BCUT2D eigenvalue weighted by Gasteiger charge is -2.16. The Kier molecular flexibility index (Phi) is 3.39. The quantitative estimate of drug-likeness (QED) is 0.922. The van der Waals surface area contributed by atoms with Crippen LogP contribution in [-0.2, 0) is 12.8 Å². The number of hydrogen-bond acceptors (Lipinski definition) is 5. The minimum Gasteiger partial charge on any atom is -0.481 e. The zero-order chi connectivity index (χ0) is 14.2. The molecule has 21 heavy (non-hydrogen) atoms. The van der Waals surface area contributed by atoms with Crippen molar-refractivity contribution in [3.63, 3.8) is 0 Å². The van der Waals surface area contributed by atoms with Crippen LogP contribution in [0.25, 0.3) is 0 Å². The van der Waals surface area contributed by atoms with Crippen molar-refractivity contribution in [1.29, 1.82) is 0 Å². The van der Waals surface area contributed by atoms with Crippen LogP contribution >= 0.6 is 11.3 Å². The van der Waals surface area contributed by atoms with Crippen LogP contribution in [0.5, 0.6) is 5.88 Å². The molecule has 110 valence electrons. The highest BCUT2D eigenvalue weighted by Crippen LogP contribution is 2.35. The third kappa shape index (κ3) is 2.68. The van der Waals surface area contributed by atoms with Gasteiger partial charge >= 0.3 is 0 Å². The number of hydrogen-bond donors (Lipinski definition) is 1. The van der Waals surface area contributed by atoms with E-state index in [1.165, 1.54) is 46.8 Å². The van der Waals surface area contributed by atoms with Crippen LogP contribution in [0.4, 0.5) is 0 Å². The highest BCUT2D eigenvalue weighted by atomic mass is 32.1. The first kappa shape index (κ1) is 13.2. The van der Waals surface area contributed by atoms with Crippen LogP contribution in [0, 0.1) is 0 Å². The minimum atomic E-state index is 0.173. The average molecular weight is 301 g/mol. The van der Waals surface area contributed by atoms with Gasteiger partial charge in [0.25, 0.3) is 0 Å². The van der Waals surface area contributed by atoms with Crippen LogP contribution in [0.3, 0.4) is 0 Å². The zero-order valence-electron chi connectivity index (χ0n) is 12.1. The van der Waals surface area contributed by atoms with Gasteiger partial charge in [-0.3, -0.25) is 0 Å². The normalized spacial score (nSPS) is 18.5. The van der Waals surface area contributed by atoms with E-state index in [-0.39, 0.29) is 6.04 Å². The van der Waals surface area contributed by atoms with Crippen molar-refractivity contribution in [3.05, 3.63) is 39.5 Å². The van der Waals surface area contributed by atoms with Gasteiger partial charge < -0.3 is 10.1 Å². The van der Waals surface area contributed by atoms with Gasteiger partial charge in [0, 0.05) is 23.2 Å². The van der Waals surface area contributed by atoms with Crippen molar-refractivity contribution >= 4 is 11.3 Å². The summed E-state index contributed by atoms with van der Waals surface area (Å²) in [6, 6.07) is 4.83. The van der Waals surface area contributed by atoms with Crippen molar-refractivity contribution in [2.24, 2.45) is 0 Å². The number of fused-ring (bicyclic) bond motifs is 1. The molecule has 0 bridgehead atoms. The fourth-order valence-corrected chi connectivity index (χ4v) is 4.06. The van der Waals surface area contributed by atoms with Crippen LogP contribution in [0.1, 0.15) is 46.4 Å². The Morgan fingerprint density at radius 3 is 2.90 bits per heavy atom. The average Bonchev–Trinajstić information content (AvgIpc) is 3.08. The van der Waals surface area contributed by atoms with Gasteiger partial charge in [0.1, 0.15) is 5.01 Å². The van der Waals surface area contributed by atoms with E-state index in [4.69, 9.17) is 9.72 Å². The van der Waals surface area contributed by atoms with E-state index in [1.807, 2.05) is 23.6 Å². The van der Waals surface area contributed by atoms with Gasteiger partial charge in [-0.05, 0) is 37.7 Å². The van der Waals surface area contributed by atoms with Crippen LogP contribution in [-0.4, -0.2) is 23.1 Å². The molecule has 1 unspecified atom stereocenters. The maximum Gasteiger partial charge on any atom is 0.212 e. The molecule has 1 saturated carbocycles. The molecule has 4 nitrogen and oxygen atoms in total. The Balaban J connectivity index is 1.65. The van der Waals surface area contributed by atoms with Crippen molar-refractivity contribution in [2.75, 3.05) is 7.11 Å². The summed E-state index contributed by atoms with van der Waals surface area (Å²) >= 11 is 1.87. The molecule has 0 radical (unpaired) electrons. The number of aryl methyl sites for hydroxylation is 2. The molecule has 1 atom stereocenters. The fourth-order valence-electron chi connectivity index (χ4n) is 2.81. The predicted octanol–water partition coefficient (Wildman–Crippen LogP) is 2.88. The van der Waals surface area contributed by atoms with E-state index >= 15 is 0 Å². The summed E-state index contributed by atoms with van der Waals surface area (Å²) in [5.41, 5.74) is 2.49. The smallest absolute Gasteiger partial charge is 0.212 e. The summed E-state index contributed by atoms with van der Waals surface area (Å²) in [6.45, 7) is 0. The van der Waals surface area contributed by atoms with Crippen LogP contribution in [0.2, 0.25) is 0 Å². The monoisotopic (exact) mass is 301 g/mol. The van der Waals surface area contributed by atoms with Gasteiger partial charge in [-0.25, -0.2) is 9.97 Å². The molecule has 0 aliphatic heterocycles. The second kappa shape index (κ2) is 5.39. The molecule has 1 N–H and O–H groups in total. The van der Waals surface area contributed by atoms with Gasteiger partial charge in [-0.15, -0.1) is 11.3 Å². The van der Waals surface area contributed by atoms with Crippen molar-refractivity contribution in [1.82, 2.24) is 15.3 Å². The molecule has 1 fully saturated rings. The SMILES string of the molecule is COc1ccc(C(NC2CC2)c2nc3c(s2)CCC3)cn1. The molecule has 2 aromatic rings. The molecular weight excluding hydrogens is 282 g/mol. The highest BCUT2D eigenvalue weighted by Gasteiger charge is 2.29. The van der Waals surface area contributed by atoms with E-state index in [9.17, 15) is 0 Å². The van der Waals surface area contributed by atoms with Crippen molar-refractivity contribution in [3.8, 4) is 5.88 Å². The largest absolute Gasteiger partial charge is 0.481 e. The first-order valence-corrected chi connectivity index (χ1v) is 8.39. The van der Waals surface area contributed by atoms with E-state index < -0.39 is 0 Å². The first-order valence-electron chi connectivity index (χ1n) is 7.58. The third-order valence-electron chi connectivity index (χ3n) is 4.14. The number of ether oxygens (including phenoxy) is 1. The van der Waals surface area contributed by atoms with E-state index in [0.717, 1.165) is 6.42 Å². The number of nitrogens with one attached hydrogen (secondary N) is 1. The summed E-state index contributed by atoms with van der Waals surface area (Å²) in [7, 11) is 1.65. The molecule has 2 heterocycles. The van der Waals surface area contributed by atoms with Gasteiger partial charge in [-0.1, -0.05) is 6.07 Å². The Bertz CT molecular complexity index is 612. The number of rotatable bonds is 5. The molecule has 0 saturated heterocycles. The molecule has 5 heteroatoms. The Morgan fingerprint density at radius 1 is 1.33 bits per heavy atom. The first-order chi connectivity index (χ1) is 10.3. The summed E-state index contributed by atoms with van der Waals surface area (Å²) in [6.07, 6.45) is 8.05. The molecule has 2 aromatic heterocycles. The number of pyridine rings is 1. The number of nitrogens with zero attached hydrogens (tertiary/aromatic N) is 2.